The van der Waals surface area contributed by atoms with Crippen molar-refractivity contribution in [1.29, 1.82) is 0 Å². The van der Waals surface area contributed by atoms with Crippen molar-refractivity contribution < 1.29 is 9.59 Å². The second-order valence-electron chi connectivity index (χ2n) is 8.77. The van der Waals surface area contributed by atoms with Crippen molar-refractivity contribution in [3.63, 3.8) is 0 Å². The molecule has 0 saturated carbocycles. The van der Waals surface area contributed by atoms with Gasteiger partial charge in [0.25, 0.3) is 11.8 Å². The van der Waals surface area contributed by atoms with E-state index in [9.17, 15) is 9.59 Å². The van der Waals surface area contributed by atoms with Crippen molar-refractivity contribution in [1.82, 2.24) is 4.90 Å². The highest BCUT2D eigenvalue weighted by Gasteiger charge is 2.44. The Balaban J connectivity index is 1.88. The van der Waals surface area contributed by atoms with Crippen LogP contribution in [0, 0.1) is 25.7 Å². The number of halogens is 1. The molecule has 1 fully saturated rings. The van der Waals surface area contributed by atoms with E-state index in [1.807, 2.05) is 32.0 Å². The van der Waals surface area contributed by atoms with E-state index in [4.69, 9.17) is 11.6 Å². The SMILES string of the molecule is Cc1ccc(C2=C(N3CC(C)CC(C)C3)C(=O)N(c3ccccc3Cl)C2=O)cc1C. The Bertz CT molecular complexity index is 1050. The van der Waals surface area contributed by atoms with Crippen molar-refractivity contribution in [2.75, 3.05) is 18.0 Å². The second-order valence-corrected chi connectivity index (χ2v) is 9.18. The molecule has 2 heterocycles. The summed E-state index contributed by atoms with van der Waals surface area (Å²) in [7, 11) is 0. The minimum Gasteiger partial charge on any atom is -0.366 e. The normalized spacial score (nSPS) is 22.3. The highest BCUT2D eigenvalue weighted by molar-refractivity contribution is 6.47. The van der Waals surface area contributed by atoms with Crippen LogP contribution in [0.3, 0.4) is 0 Å². The molecule has 2 aromatic carbocycles. The molecule has 0 bridgehead atoms. The summed E-state index contributed by atoms with van der Waals surface area (Å²) < 4.78 is 0. The summed E-state index contributed by atoms with van der Waals surface area (Å²) in [6.45, 7) is 10.0. The summed E-state index contributed by atoms with van der Waals surface area (Å²) in [6.07, 6.45) is 1.12. The van der Waals surface area contributed by atoms with Crippen LogP contribution in [0.4, 0.5) is 5.69 Å². The number of piperidine rings is 1. The first-order chi connectivity index (χ1) is 14.3. The second kappa shape index (κ2) is 7.92. The first kappa shape index (κ1) is 20.7. The van der Waals surface area contributed by atoms with Gasteiger partial charge >= 0.3 is 0 Å². The molecule has 5 heteroatoms. The summed E-state index contributed by atoms with van der Waals surface area (Å²) >= 11 is 6.38. The standard InChI is InChI=1S/C25H27ClN2O2/c1-15-11-16(2)14-27(13-15)23-22(19-10-9-17(3)18(4)12-19)24(29)28(25(23)30)21-8-6-5-7-20(21)26/h5-10,12,15-16H,11,13-14H2,1-4H3. The van der Waals surface area contributed by atoms with Gasteiger partial charge in [-0.2, -0.15) is 0 Å². The molecular formula is C25H27ClN2O2. The molecule has 0 N–H and O–H groups in total. The van der Waals surface area contributed by atoms with Gasteiger partial charge in [0.05, 0.1) is 16.3 Å². The number of anilines is 1. The molecule has 2 unspecified atom stereocenters. The van der Waals surface area contributed by atoms with Gasteiger partial charge in [-0.15, -0.1) is 0 Å². The molecule has 2 amide bonds. The highest BCUT2D eigenvalue weighted by Crippen LogP contribution is 2.39. The maximum atomic E-state index is 13.7. The zero-order valence-electron chi connectivity index (χ0n) is 17.9. The molecular weight excluding hydrogens is 396 g/mol. The van der Waals surface area contributed by atoms with Crippen LogP contribution in [0.1, 0.15) is 37.0 Å². The minimum atomic E-state index is -0.308. The molecule has 0 aromatic heterocycles. The molecule has 30 heavy (non-hydrogen) atoms. The van der Waals surface area contributed by atoms with Crippen molar-refractivity contribution >= 4 is 34.7 Å². The van der Waals surface area contributed by atoms with Crippen LogP contribution in [0.2, 0.25) is 5.02 Å². The van der Waals surface area contributed by atoms with E-state index >= 15 is 0 Å². The van der Waals surface area contributed by atoms with Crippen LogP contribution < -0.4 is 4.90 Å². The molecule has 2 atom stereocenters. The van der Waals surface area contributed by atoms with Crippen molar-refractivity contribution in [3.05, 3.63) is 69.9 Å². The number of hydrogen-bond acceptors (Lipinski definition) is 3. The predicted octanol–water partition coefficient (Wildman–Crippen LogP) is 5.22. The Kier molecular flexibility index (Phi) is 5.46. The van der Waals surface area contributed by atoms with Crippen LogP contribution >= 0.6 is 11.6 Å². The van der Waals surface area contributed by atoms with E-state index in [0.29, 0.717) is 33.8 Å². The molecule has 0 aliphatic carbocycles. The van der Waals surface area contributed by atoms with Gasteiger partial charge in [0.1, 0.15) is 5.70 Å². The van der Waals surface area contributed by atoms with Crippen LogP contribution in [0.5, 0.6) is 0 Å². The molecule has 4 nitrogen and oxygen atoms in total. The summed E-state index contributed by atoms with van der Waals surface area (Å²) in [5.74, 6) is 0.318. The third-order valence-corrected chi connectivity index (χ3v) is 6.45. The van der Waals surface area contributed by atoms with E-state index in [-0.39, 0.29) is 11.8 Å². The molecule has 0 radical (unpaired) electrons. The van der Waals surface area contributed by atoms with E-state index in [1.165, 1.54) is 4.90 Å². The first-order valence-corrected chi connectivity index (χ1v) is 10.9. The van der Waals surface area contributed by atoms with Gasteiger partial charge in [-0.25, -0.2) is 4.90 Å². The minimum absolute atomic E-state index is 0.289. The lowest BCUT2D eigenvalue weighted by Gasteiger charge is -2.37. The maximum Gasteiger partial charge on any atom is 0.282 e. The van der Waals surface area contributed by atoms with Crippen LogP contribution in [-0.2, 0) is 9.59 Å². The topological polar surface area (TPSA) is 40.6 Å². The lowest BCUT2D eigenvalue weighted by molar-refractivity contribution is -0.120. The number of benzene rings is 2. The zero-order chi connectivity index (χ0) is 21.6. The number of para-hydroxylation sites is 1. The van der Waals surface area contributed by atoms with Gasteiger partial charge in [0, 0.05) is 13.1 Å². The molecule has 1 saturated heterocycles. The Morgan fingerprint density at radius 2 is 1.57 bits per heavy atom. The number of amides is 2. The van der Waals surface area contributed by atoms with Crippen LogP contribution in [0.15, 0.2) is 48.2 Å². The van der Waals surface area contributed by atoms with Gasteiger partial charge in [-0.05, 0) is 60.9 Å². The quantitative estimate of drug-likeness (QED) is 0.637. The Morgan fingerprint density at radius 3 is 2.20 bits per heavy atom. The number of nitrogens with zero attached hydrogens (tertiary/aromatic N) is 2. The summed E-state index contributed by atoms with van der Waals surface area (Å²) in [5, 5.41) is 0.389. The number of likely N-dealkylation sites (tertiary alicyclic amines) is 1. The summed E-state index contributed by atoms with van der Waals surface area (Å²) in [5.41, 5.74) is 4.44. The van der Waals surface area contributed by atoms with Gasteiger partial charge in [-0.1, -0.05) is 55.8 Å². The molecule has 4 rings (SSSR count). The average Bonchev–Trinajstić information content (AvgIpc) is 2.94. The fraction of sp³-hybridized carbons (Fsp3) is 0.360. The van der Waals surface area contributed by atoms with Crippen LogP contribution in [-0.4, -0.2) is 29.8 Å². The molecule has 0 spiro atoms. The molecule has 2 aliphatic rings. The smallest absolute Gasteiger partial charge is 0.282 e. The number of carbonyl (C=O) groups is 2. The molecule has 2 aromatic rings. The number of aryl methyl sites for hydroxylation is 2. The zero-order valence-corrected chi connectivity index (χ0v) is 18.7. The first-order valence-electron chi connectivity index (χ1n) is 10.5. The fourth-order valence-electron chi connectivity index (χ4n) is 4.67. The van der Waals surface area contributed by atoms with E-state index in [0.717, 1.165) is 36.2 Å². The van der Waals surface area contributed by atoms with Crippen molar-refractivity contribution in [2.24, 2.45) is 11.8 Å². The summed E-state index contributed by atoms with van der Waals surface area (Å²) in [6, 6.07) is 13.0. The monoisotopic (exact) mass is 422 g/mol. The average molecular weight is 423 g/mol. The third-order valence-electron chi connectivity index (χ3n) is 6.13. The van der Waals surface area contributed by atoms with Crippen LogP contribution in [0.25, 0.3) is 5.57 Å². The summed E-state index contributed by atoms with van der Waals surface area (Å²) in [4.78, 5) is 30.7. The Hall–Kier alpha value is -2.59. The van der Waals surface area contributed by atoms with Gasteiger partial charge < -0.3 is 4.90 Å². The highest BCUT2D eigenvalue weighted by atomic mass is 35.5. The van der Waals surface area contributed by atoms with E-state index in [2.05, 4.69) is 18.7 Å². The Labute approximate surface area is 183 Å². The largest absolute Gasteiger partial charge is 0.366 e. The van der Waals surface area contributed by atoms with Gasteiger partial charge in [0.15, 0.2) is 0 Å². The number of hydrogen-bond donors (Lipinski definition) is 0. The number of rotatable bonds is 3. The third kappa shape index (κ3) is 3.54. The van der Waals surface area contributed by atoms with E-state index < -0.39 is 0 Å². The van der Waals surface area contributed by atoms with Gasteiger partial charge in [-0.3, -0.25) is 9.59 Å². The predicted molar refractivity (Wildman–Crippen MR) is 121 cm³/mol. The number of imide groups is 1. The van der Waals surface area contributed by atoms with Crippen molar-refractivity contribution in [3.8, 4) is 0 Å². The fourth-order valence-corrected chi connectivity index (χ4v) is 4.89. The molecule has 2 aliphatic heterocycles. The van der Waals surface area contributed by atoms with E-state index in [1.54, 1.807) is 24.3 Å². The van der Waals surface area contributed by atoms with Gasteiger partial charge in [0.2, 0.25) is 0 Å². The number of carbonyl (C=O) groups excluding carboxylic acids is 2. The van der Waals surface area contributed by atoms with Crippen molar-refractivity contribution in [2.45, 2.75) is 34.1 Å². The maximum absolute atomic E-state index is 13.7. The lowest BCUT2D eigenvalue weighted by Crippen LogP contribution is -2.42. The molecule has 156 valence electrons. The Morgan fingerprint density at radius 1 is 0.900 bits per heavy atom. The lowest BCUT2D eigenvalue weighted by atomic mass is 9.90.